The molecule has 1 amide bonds. The van der Waals surface area contributed by atoms with Crippen LogP contribution in [-0.4, -0.2) is 17.6 Å². The van der Waals surface area contributed by atoms with Crippen molar-refractivity contribution in [2.24, 2.45) is 0 Å². The predicted octanol–water partition coefficient (Wildman–Crippen LogP) is 4.41. The summed E-state index contributed by atoms with van der Waals surface area (Å²) in [7, 11) is 0. The van der Waals surface area contributed by atoms with Crippen LogP contribution < -0.4 is 15.4 Å². The second-order valence-corrected chi connectivity index (χ2v) is 7.79. The molecule has 1 heterocycles. The first kappa shape index (κ1) is 19.3. The van der Waals surface area contributed by atoms with Crippen LogP contribution in [0.1, 0.15) is 52.5 Å². The average molecular weight is 400 g/mol. The molecular weight excluding hydrogens is 378 g/mol. The van der Waals surface area contributed by atoms with E-state index in [-0.39, 0.29) is 11.0 Å². The zero-order valence-electron chi connectivity index (χ0n) is 15.1. The Morgan fingerprint density at radius 3 is 2.89 bits per heavy atom. The van der Waals surface area contributed by atoms with Gasteiger partial charge in [0, 0.05) is 4.88 Å². The number of amides is 1. The lowest BCUT2D eigenvalue weighted by molar-refractivity contribution is 0.0973. The van der Waals surface area contributed by atoms with Crippen molar-refractivity contribution in [1.29, 1.82) is 5.26 Å². The summed E-state index contributed by atoms with van der Waals surface area (Å²) >= 11 is 6.86. The van der Waals surface area contributed by atoms with E-state index in [9.17, 15) is 10.1 Å². The van der Waals surface area contributed by atoms with E-state index in [0.29, 0.717) is 28.5 Å². The topological polar surface area (TPSA) is 74.2 Å². The van der Waals surface area contributed by atoms with Gasteiger partial charge in [0.15, 0.2) is 5.11 Å². The van der Waals surface area contributed by atoms with Gasteiger partial charge in [0.1, 0.15) is 16.8 Å². The summed E-state index contributed by atoms with van der Waals surface area (Å²) in [6.07, 6.45) is 5.03. The minimum Gasteiger partial charge on any atom is -0.493 e. The van der Waals surface area contributed by atoms with Crippen LogP contribution in [-0.2, 0) is 12.8 Å². The van der Waals surface area contributed by atoms with Gasteiger partial charge in [0.05, 0.1) is 17.7 Å². The lowest BCUT2D eigenvalue weighted by Gasteiger charge is -2.12. The van der Waals surface area contributed by atoms with E-state index in [4.69, 9.17) is 17.0 Å². The first-order chi connectivity index (χ1) is 13.1. The normalized spacial score (nSPS) is 12.6. The molecule has 5 nitrogen and oxygen atoms in total. The number of thiophene rings is 1. The molecule has 27 heavy (non-hydrogen) atoms. The Morgan fingerprint density at radius 1 is 1.33 bits per heavy atom. The predicted molar refractivity (Wildman–Crippen MR) is 112 cm³/mol. The lowest BCUT2D eigenvalue weighted by Crippen LogP contribution is -2.34. The molecule has 0 spiro atoms. The molecule has 1 aliphatic carbocycles. The van der Waals surface area contributed by atoms with Crippen molar-refractivity contribution in [3.63, 3.8) is 0 Å². The molecule has 1 aromatic carbocycles. The van der Waals surface area contributed by atoms with Crippen LogP contribution in [0.15, 0.2) is 24.3 Å². The molecule has 0 saturated heterocycles. The van der Waals surface area contributed by atoms with Crippen molar-refractivity contribution in [3.05, 3.63) is 45.8 Å². The Kier molecular flexibility index (Phi) is 6.43. The second kappa shape index (κ2) is 8.98. The SMILES string of the molecule is CCCOc1ccccc1C(=O)NC(=S)Nc1sc2c(c1C#N)CCCC2. The van der Waals surface area contributed by atoms with Crippen LogP contribution in [0.4, 0.5) is 5.00 Å². The highest BCUT2D eigenvalue weighted by atomic mass is 32.1. The molecule has 0 bridgehead atoms. The fraction of sp³-hybridized carbons (Fsp3) is 0.350. The van der Waals surface area contributed by atoms with E-state index in [1.54, 1.807) is 29.5 Å². The van der Waals surface area contributed by atoms with Crippen LogP contribution in [0.25, 0.3) is 0 Å². The van der Waals surface area contributed by atoms with E-state index in [1.807, 2.05) is 13.0 Å². The van der Waals surface area contributed by atoms with Gasteiger partial charge in [0.2, 0.25) is 0 Å². The number of nitriles is 1. The van der Waals surface area contributed by atoms with Crippen molar-refractivity contribution in [3.8, 4) is 11.8 Å². The Hall–Kier alpha value is -2.43. The first-order valence-corrected chi connectivity index (χ1v) is 10.2. The number of hydrogen-bond donors (Lipinski definition) is 2. The molecule has 0 unspecified atom stereocenters. The van der Waals surface area contributed by atoms with E-state index in [1.165, 1.54) is 4.88 Å². The molecule has 2 aromatic rings. The van der Waals surface area contributed by atoms with Gasteiger partial charge in [-0.1, -0.05) is 19.1 Å². The summed E-state index contributed by atoms with van der Waals surface area (Å²) in [5.74, 6) is 0.197. The number of rotatable bonds is 5. The van der Waals surface area contributed by atoms with E-state index < -0.39 is 0 Å². The zero-order valence-corrected chi connectivity index (χ0v) is 16.8. The van der Waals surface area contributed by atoms with E-state index >= 15 is 0 Å². The molecule has 140 valence electrons. The molecule has 0 atom stereocenters. The number of nitrogens with zero attached hydrogens (tertiary/aromatic N) is 1. The zero-order chi connectivity index (χ0) is 19.2. The third-order valence-corrected chi connectivity index (χ3v) is 5.74. The highest BCUT2D eigenvalue weighted by molar-refractivity contribution is 7.80. The van der Waals surface area contributed by atoms with Gasteiger partial charge in [-0.3, -0.25) is 10.1 Å². The van der Waals surface area contributed by atoms with Crippen molar-refractivity contribution in [2.75, 3.05) is 11.9 Å². The number of fused-ring (bicyclic) bond motifs is 1. The van der Waals surface area contributed by atoms with Crippen LogP contribution in [0.2, 0.25) is 0 Å². The number of nitrogens with one attached hydrogen (secondary N) is 2. The molecule has 3 rings (SSSR count). The number of ether oxygens (including phenoxy) is 1. The van der Waals surface area contributed by atoms with Gasteiger partial charge in [-0.05, 0) is 62.0 Å². The molecule has 1 aromatic heterocycles. The number of carbonyl (C=O) groups is 1. The number of aryl methyl sites for hydroxylation is 1. The number of anilines is 1. The standard InChI is InChI=1S/C20H21N3O2S2/c1-2-11-25-16-9-5-3-8-14(16)18(24)22-20(26)23-19-15(12-21)13-7-4-6-10-17(13)27-19/h3,5,8-9H,2,4,6-7,10-11H2,1H3,(H2,22,23,24,26). The van der Waals surface area contributed by atoms with Crippen molar-refractivity contribution in [1.82, 2.24) is 5.32 Å². The van der Waals surface area contributed by atoms with Crippen LogP contribution in [0.3, 0.4) is 0 Å². The Morgan fingerprint density at radius 2 is 2.11 bits per heavy atom. The van der Waals surface area contributed by atoms with E-state index in [0.717, 1.165) is 37.7 Å². The fourth-order valence-corrected chi connectivity index (χ4v) is 4.57. The molecule has 0 fully saturated rings. The van der Waals surface area contributed by atoms with Crippen LogP contribution in [0.5, 0.6) is 5.75 Å². The molecule has 0 saturated carbocycles. The third-order valence-electron chi connectivity index (χ3n) is 4.33. The maximum atomic E-state index is 12.6. The monoisotopic (exact) mass is 399 g/mol. The number of para-hydroxylation sites is 1. The lowest BCUT2D eigenvalue weighted by atomic mass is 9.96. The fourth-order valence-electron chi connectivity index (χ4n) is 3.07. The van der Waals surface area contributed by atoms with Crippen molar-refractivity contribution < 1.29 is 9.53 Å². The van der Waals surface area contributed by atoms with E-state index in [2.05, 4.69) is 16.7 Å². The first-order valence-electron chi connectivity index (χ1n) is 9.02. The van der Waals surface area contributed by atoms with Gasteiger partial charge in [-0.15, -0.1) is 11.3 Å². The number of hydrogen-bond acceptors (Lipinski definition) is 5. The van der Waals surface area contributed by atoms with Crippen molar-refractivity contribution in [2.45, 2.75) is 39.0 Å². The Balaban J connectivity index is 1.71. The third kappa shape index (κ3) is 4.46. The molecule has 0 radical (unpaired) electrons. The summed E-state index contributed by atoms with van der Waals surface area (Å²) < 4.78 is 5.63. The minimum absolute atomic E-state index is 0.181. The minimum atomic E-state index is -0.334. The van der Waals surface area contributed by atoms with Gasteiger partial charge < -0.3 is 10.1 Å². The highest BCUT2D eigenvalue weighted by Gasteiger charge is 2.22. The molecule has 0 aliphatic heterocycles. The largest absolute Gasteiger partial charge is 0.493 e. The summed E-state index contributed by atoms with van der Waals surface area (Å²) in [4.78, 5) is 13.8. The molecule has 1 aliphatic rings. The van der Waals surface area contributed by atoms with Gasteiger partial charge in [-0.2, -0.15) is 5.26 Å². The van der Waals surface area contributed by atoms with Gasteiger partial charge in [0.25, 0.3) is 5.91 Å². The van der Waals surface area contributed by atoms with Crippen molar-refractivity contribution >= 4 is 39.6 Å². The maximum Gasteiger partial charge on any atom is 0.261 e. The summed E-state index contributed by atoms with van der Waals surface area (Å²) in [6.45, 7) is 2.55. The molecular formula is C20H21N3O2S2. The summed E-state index contributed by atoms with van der Waals surface area (Å²) in [6, 6.07) is 9.36. The van der Waals surface area contributed by atoms with Gasteiger partial charge in [-0.25, -0.2) is 0 Å². The molecule has 7 heteroatoms. The Bertz CT molecular complexity index is 899. The quantitative estimate of drug-likeness (QED) is 0.728. The summed E-state index contributed by atoms with van der Waals surface area (Å²) in [5, 5.41) is 16.1. The maximum absolute atomic E-state index is 12.6. The molecule has 2 N–H and O–H groups in total. The second-order valence-electron chi connectivity index (χ2n) is 6.28. The Labute approximate surface area is 168 Å². The van der Waals surface area contributed by atoms with Gasteiger partial charge >= 0.3 is 0 Å². The smallest absolute Gasteiger partial charge is 0.261 e. The number of carbonyl (C=O) groups excluding carboxylic acids is 1. The van der Waals surface area contributed by atoms with Crippen LogP contribution in [0, 0.1) is 11.3 Å². The van der Waals surface area contributed by atoms with Crippen LogP contribution >= 0.6 is 23.6 Å². The summed E-state index contributed by atoms with van der Waals surface area (Å²) in [5.41, 5.74) is 2.21. The number of thiocarbonyl (C=S) groups is 1. The number of benzene rings is 1. The highest BCUT2D eigenvalue weighted by Crippen LogP contribution is 2.37. The average Bonchev–Trinajstić information content (AvgIpc) is 3.03.